The molecule has 0 radical (unpaired) electrons. The van der Waals surface area contributed by atoms with Gasteiger partial charge in [0.25, 0.3) is 0 Å². The van der Waals surface area contributed by atoms with Crippen LogP contribution in [0.2, 0.25) is 18.1 Å². The van der Waals surface area contributed by atoms with Crippen molar-refractivity contribution < 1.29 is 18.7 Å². The molecule has 5 heteroatoms. The number of carbonyl (C=O) groups excluding carboxylic acids is 1. The molecule has 1 atom stereocenters. The van der Waals surface area contributed by atoms with E-state index in [2.05, 4.69) is 65.1 Å². The molecule has 0 N–H and O–H groups in total. The number of benzene rings is 1. The Bertz CT molecular complexity index is 684. The lowest BCUT2D eigenvalue weighted by atomic mass is 9.99. The third kappa shape index (κ3) is 17.1. The maximum atomic E-state index is 12.1. The predicted molar refractivity (Wildman–Crippen MR) is 159 cm³/mol. The van der Waals surface area contributed by atoms with E-state index < -0.39 is 8.32 Å². The summed E-state index contributed by atoms with van der Waals surface area (Å²) in [6.07, 6.45) is 14.5. The summed E-state index contributed by atoms with van der Waals surface area (Å²) in [6, 6.07) is 10.3. The summed E-state index contributed by atoms with van der Waals surface area (Å²) in [7, 11) is -1.78. The zero-order valence-electron chi connectivity index (χ0n) is 25.1. The zero-order chi connectivity index (χ0) is 27.4. The molecule has 0 spiro atoms. The highest BCUT2D eigenvalue weighted by molar-refractivity contribution is 6.74. The molecule has 1 rings (SSSR count). The van der Waals surface area contributed by atoms with Gasteiger partial charge in [-0.15, -0.1) is 0 Å². The molecular formula is C32H58O4Si. The molecule has 1 unspecified atom stereocenters. The molecule has 37 heavy (non-hydrogen) atoms. The summed E-state index contributed by atoms with van der Waals surface area (Å²) < 4.78 is 18.0. The Labute approximate surface area is 230 Å². The van der Waals surface area contributed by atoms with Crippen molar-refractivity contribution in [1.29, 1.82) is 0 Å². The van der Waals surface area contributed by atoms with Crippen molar-refractivity contribution >= 4 is 14.3 Å². The minimum Gasteiger partial charge on any atom is -0.466 e. The Kier molecular flexibility index (Phi) is 18.1. The summed E-state index contributed by atoms with van der Waals surface area (Å²) in [5.74, 6) is 0.440. The quantitative estimate of drug-likeness (QED) is 0.0844. The first-order valence-electron chi connectivity index (χ1n) is 15.1. The third-order valence-corrected chi connectivity index (χ3v) is 12.3. The molecule has 1 aromatic rings. The molecule has 0 aromatic heterocycles. The molecule has 0 aliphatic carbocycles. The van der Waals surface area contributed by atoms with Gasteiger partial charge in [0.05, 0.1) is 13.2 Å². The summed E-state index contributed by atoms with van der Waals surface area (Å²) in [6.45, 7) is 16.5. The van der Waals surface area contributed by atoms with Crippen molar-refractivity contribution in [1.82, 2.24) is 0 Å². The van der Waals surface area contributed by atoms with Gasteiger partial charge in [0.15, 0.2) is 8.32 Å². The topological polar surface area (TPSA) is 44.8 Å². The number of carbonyl (C=O) groups is 1. The van der Waals surface area contributed by atoms with Gasteiger partial charge >= 0.3 is 5.97 Å². The lowest BCUT2D eigenvalue weighted by Crippen LogP contribution is -2.42. The van der Waals surface area contributed by atoms with E-state index in [0.717, 1.165) is 51.7 Å². The second kappa shape index (κ2) is 19.8. The molecule has 0 aliphatic rings. The summed E-state index contributed by atoms with van der Waals surface area (Å²) in [4.78, 5) is 12.1. The summed E-state index contributed by atoms with van der Waals surface area (Å²) in [5, 5.41) is 0.210. The van der Waals surface area contributed by atoms with Gasteiger partial charge in [-0.05, 0) is 61.7 Å². The molecule has 0 bridgehead atoms. The van der Waals surface area contributed by atoms with Gasteiger partial charge in [-0.1, -0.05) is 103 Å². The van der Waals surface area contributed by atoms with Crippen LogP contribution in [0.4, 0.5) is 0 Å². The average molecular weight is 535 g/mol. The fraction of sp³-hybridized carbons (Fsp3) is 0.781. The number of rotatable bonds is 22. The van der Waals surface area contributed by atoms with Gasteiger partial charge in [0.2, 0.25) is 0 Å². The predicted octanol–water partition coefficient (Wildman–Crippen LogP) is 9.48. The fourth-order valence-electron chi connectivity index (χ4n) is 4.13. The Hall–Kier alpha value is -1.17. The normalized spacial score (nSPS) is 13.0. The Morgan fingerprint density at radius 3 is 2.05 bits per heavy atom. The molecule has 0 saturated heterocycles. The standard InChI is InChI=1S/C32H58O4Si/c1-7-8-9-10-11-12-13-17-24-31(33)35-26-19-23-30(28-36-37(5,6)32(2,3)4)22-18-25-34-27-29-20-15-14-16-21-29/h14-16,20-21,30H,7-13,17-19,22-28H2,1-6H3. The van der Waals surface area contributed by atoms with E-state index in [-0.39, 0.29) is 11.0 Å². The van der Waals surface area contributed by atoms with Crippen molar-refractivity contribution in [3.8, 4) is 0 Å². The van der Waals surface area contributed by atoms with Crippen molar-refractivity contribution in [2.45, 2.75) is 136 Å². The van der Waals surface area contributed by atoms with E-state index in [1.807, 2.05) is 6.07 Å². The van der Waals surface area contributed by atoms with Crippen molar-refractivity contribution in [2.24, 2.45) is 5.92 Å². The van der Waals surface area contributed by atoms with Crippen LogP contribution in [0.5, 0.6) is 0 Å². The summed E-state index contributed by atoms with van der Waals surface area (Å²) >= 11 is 0. The highest BCUT2D eigenvalue weighted by Gasteiger charge is 2.37. The largest absolute Gasteiger partial charge is 0.466 e. The molecule has 0 saturated carbocycles. The Balaban J connectivity index is 2.29. The van der Waals surface area contributed by atoms with E-state index in [1.165, 1.54) is 44.1 Å². The van der Waals surface area contributed by atoms with Gasteiger partial charge in [-0.3, -0.25) is 4.79 Å². The van der Waals surface area contributed by atoms with Gasteiger partial charge < -0.3 is 13.9 Å². The van der Waals surface area contributed by atoms with Crippen LogP contribution >= 0.6 is 0 Å². The first-order valence-corrected chi connectivity index (χ1v) is 18.0. The van der Waals surface area contributed by atoms with E-state index in [4.69, 9.17) is 13.9 Å². The number of unbranched alkanes of at least 4 members (excludes halogenated alkanes) is 7. The van der Waals surface area contributed by atoms with Crippen molar-refractivity contribution in [2.75, 3.05) is 19.8 Å². The second-order valence-corrected chi connectivity index (χ2v) is 17.0. The molecular weight excluding hydrogens is 476 g/mol. The number of ether oxygens (including phenoxy) is 2. The minimum atomic E-state index is -1.78. The maximum Gasteiger partial charge on any atom is 0.305 e. The van der Waals surface area contributed by atoms with Crippen LogP contribution in [0.3, 0.4) is 0 Å². The molecule has 1 aromatic carbocycles. The lowest BCUT2D eigenvalue weighted by Gasteiger charge is -2.37. The number of hydrogen-bond donors (Lipinski definition) is 0. The van der Waals surface area contributed by atoms with Crippen LogP contribution in [-0.4, -0.2) is 34.1 Å². The Morgan fingerprint density at radius 1 is 0.838 bits per heavy atom. The van der Waals surface area contributed by atoms with E-state index in [9.17, 15) is 4.79 Å². The van der Waals surface area contributed by atoms with Crippen molar-refractivity contribution in [3.05, 3.63) is 35.9 Å². The second-order valence-electron chi connectivity index (χ2n) is 12.2. The molecule has 214 valence electrons. The van der Waals surface area contributed by atoms with Gasteiger partial charge in [-0.25, -0.2) is 0 Å². The summed E-state index contributed by atoms with van der Waals surface area (Å²) in [5.41, 5.74) is 1.22. The zero-order valence-corrected chi connectivity index (χ0v) is 26.1. The molecule has 0 aliphatic heterocycles. The van der Waals surface area contributed by atoms with Crippen LogP contribution in [-0.2, 0) is 25.3 Å². The first kappa shape index (κ1) is 33.9. The van der Waals surface area contributed by atoms with Gasteiger partial charge in [0.1, 0.15) is 0 Å². The third-order valence-electron chi connectivity index (χ3n) is 7.75. The van der Waals surface area contributed by atoms with Crippen LogP contribution in [0, 0.1) is 5.92 Å². The minimum absolute atomic E-state index is 0.0330. The van der Waals surface area contributed by atoms with Crippen LogP contribution in [0.1, 0.15) is 117 Å². The van der Waals surface area contributed by atoms with E-state index >= 15 is 0 Å². The average Bonchev–Trinajstić information content (AvgIpc) is 2.86. The van der Waals surface area contributed by atoms with E-state index in [1.54, 1.807) is 0 Å². The molecule has 0 heterocycles. The Morgan fingerprint density at radius 2 is 1.43 bits per heavy atom. The highest BCUT2D eigenvalue weighted by Crippen LogP contribution is 2.37. The number of esters is 1. The smallest absolute Gasteiger partial charge is 0.305 e. The highest BCUT2D eigenvalue weighted by atomic mass is 28.4. The van der Waals surface area contributed by atoms with Crippen LogP contribution in [0.25, 0.3) is 0 Å². The number of hydrogen-bond acceptors (Lipinski definition) is 4. The first-order chi connectivity index (χ1) is 17.7. The van der Waals surface area contributed by atoms with Gasteiger partial charge in [-0.2, -0.15) is 0 Å². The molecule has 0 amide bonds. The lowest BCUT2D eigenvalue weighted by molar-refractivity contribution is -0.144. The van der Waals surface area contributed by atoms with Crippen molar-refractivity contribution in [3.63, 3.8) is 0 Å². The van der Waals surface area contributed by atoms with E-state index in [0.29, 0.717) is 25.6 Å². The maximum absolute atomic E-state index is 12.1. The van der Waals surface area contributed by atoms with Crippen LogP contribution in [0.15, 0.2) is 30.3 Å². The van der Waals surface area contributed by atoms with Crippen LogP contribution < -0.4 is 0 Å². The van der Waals surface area contributed by atoms with Gasteiger partial charge in [0, 0.05) is 19.6 Å². The molecule has 4 nitrogen and oxygen atoms in total. The fourth-order valence-corrected chi connectivity index (χ4v) is 5.21. The SMILES string of the molecule is CCCCCCCCCCC(=O)OCCCC(CCCOCc1ccccc1)CO[Si](C)(C)C(C)(C)C. The monoisotopic (exact) mass is 534 g/mol. The molecule has 0 fully saturated rings.